The maximum atomic E-state index is 13.6. The quantitative estimate of drug-likeness (QED) is 0.0550. The van der Waals surface area contributed by atoms with Crippen LogP contribution < -0.4 is 10.1 Å². The Labute approximate surface area is 284 Å². The van der Waals surface area contributed by atoms with Crippen LogP contribution in [0.25, 0.3) is 0 Å². The molecule has 0 aliphatic rings. The third-order valence-electron chi connectivity index (χ3n) is 7.93. The van der Waals surface area contributed by atoms with Crippen LogP contribution in [0.4, 0.5) is 0 Å². The second kappa shape index (κ2) is 24.0. The van der Waals surface area contributed by atoms with E-state index in [1.165, 1.54) is 25.3 Å². The topological polar surface area (TPSA) is 166 Å². The summed E-state index contributed by atoms with van der Waals surface area (Å²) in [7, 11) is 2.19. The maximum absolute atomic E-state index is 13.6. The summed E-state index contributed by atoms with van der Waals surface area (Å²) in [5.41, 5.74) is -2.21. The van der Waals surface area contributed by atoms with Crippen molar-refractivity contribution in [3.05, 3.63) is 42.0 Å². The Kier molecular flexibility index (Phi) is 21.0. The third kappa shape index (κ3) is 16.1. The molecule has 0 fully saturated rings. The number of allylic oxidation sites excluding steroid dienone is 1. The number of methoxy groups -OCH3 is 2. The standard InChI is InChI=1S/C37H53NO10/c1-5-7-9-12-15-18-29(39)19-16-13-10-11-14-17-20-31(37(45,36(43)44)27-33(40)46-3)34(41)38-32(35(42)47-4)26-28-21-23-30(24-22-28)48-25-8-6-2/h17,20-24,31-32,45H,5,7,9-16,18-19,25-27H2,1-4H3,(H,38,41)(H,43,44)/t31-,32+,37+/m1/s1. The number of benzene rings is 1. The van der Waals surface area contributed by atoms with Crippen molar-refractivity contribution in [2.75, 3.05) is 20.8 Å². The zero-order valence-electron chi connectivity index (χ0n) is 28.9. The number of hydrogen-bond donors (Lipinski definition) is 3. The van der Waals surface area contributed by atoms with E-state index >= 15 is 0 Å². The average Bonchev–Trinajstić information content (AvgIpc) is 3.07. The molecule has 0 saturated heterocycles. The lowest BCUT2D eigenvalue weighted by molar-refractivity contribution is -0.173. The summed E-state index contributed by atoms with van der Waals surface area (Å²) in [5.74, 6) is 0.0153. The summed E-state index contributed by atoms with van der Waals surface area (Å²) in [5, 5.41) is 23.6. The van der Waals surface area contributed by atoms with E-state index in [2.05, 4.69) is 28.8 Å². The highest BCUT2D eigenvalue weighted by Crippen LogP contribution is 2.26. The molecule has 0 aliphatic heterocycles. The molecule has 11 heteroatoms. The highest BCUT2D eigenvalue weighted by Gasteiger charge is 2.49. The minimum atomic E-state index is -2.86. The minimum absolute atomic E-state index is 0.00620. The number of nitrogens with one attached hydrogen (secondary N) is 1. The van der Waals surface area contributed by atoms with Crippen molar-refractivity contribution in [2.24, 2.45) is 5.92 Å². The number of hydrogen-bond acceptors (Lipinski definition) is 9. The van der Waals surface area contributed by atoms with Crippen molar-refractivity contribution in [3.63, 3.8) is 0 Å². The van der Waals surface area contributed by atoms with Gasteiger partial charge in [-0.05, 0) is 50.3 Å². The molecule has 48 heavy (non-hydrogen) atoms. The number of Topliss-reactive ketones (excluding diaryl/α,β-unsaturated/α-hetero) is 1. The molecule has 3 N–H and O–H groups in total. The fourth-order valence-corrected chi connectivity index (χ4v) is 5.04. The van der Waals surface area contributed by atoms with Gasteiger partial charge in [0.2, 0.25) is 5.91 Å². The average molecular weight is 672 g/mol. The van der Waals surface area contributed by atoms with Gasteiger partial charge in [-0.15, -0.1) is 5.92 Å². The minimum Gasteiger partial charge on any atom is -0.481 e. The van der Waals surface area contributed by atoms with Crippen LogP contribution in [0.5, 0.6) is 5.75 Å². The Bertz CT molecular complexity index is 1250. The predicted octanol–water partition coefficient (Wildman–Crippen LogP) is 5.11. The van der Waals surface area contributed by atoms with Gasteiger partial charge in [0, 0.05) is 19.3 Å². The molecular formula is C37H53NO10. The van der Waals surface area contributed by atoms with Gasteiger partial charge in [0.05, 0.1) is 26.6 Å². The normalized spacial score (nSPS) is 13.4. The summed E-state index contributed by atoms with van der Waals surface area (Å²) in [6, 6.07) is 5.53. The molecular weight excluding hydrogens is 618 g/mol. The molecule has 1 rings (SSSR count). The molecule has 1 amide bonds. The molecule has 11 nitrogen and oxygen atoms in total. The van der Waals surface area contributed by atoms with E-state index in [4.69, 9.17) is 9.47 Å². The van der Waals surface area contributed by atoms with Gasteiger partial charge < -0.3 is 29.7 Å². The lowest BCUT2D eigenvalue weighted by Crippen LogP contribution is -2.55. The van der Waals surface area contributed by atoms with Crippen LogP contribution >= 0.6 is 0 Å². The summed E-state index contributed by atoms with van der Waals surface area (Å²) in [6.45, 7) is 4.07. The summed E-state index contributed by atoms with van der Waals surface area (Å²) < 4.78 is 15.0. The number of aliphatic carboxylic acids is 1. The SMILES string of the molecule is CC#CCOc1ccc(C[C@H](NC(=O)[C@@H](C=CCCCCCCC(=O)CCCCCCC)[C@@](O)(CC(=O)OC)C(=O)O)C(=O)OC)cc1. The van der Waals surface area contributed by atoms with E-state index in [9.17, 15) is 34.2 Å². The number of amides is 1. The molecule has 0 spiro atoms. The Morgan fingerprint density at radius 3 is 2.10 bits per heavy atom. The van der Waals surface area contributed by atoms with Crippen LogP contribution in [0, 0.1) is 17.8 Å². The smallest absolute Gasteiger partial charge is 0.337 e. The van der Waals surface area contributed by atoms with Gasteiger partial charge in [-0.3, -0.25) is 14.4 Å². The number of ketones is 1. The van der Waals surface area contributed by atoms with Crippen LogP contribution in [0.3, 0.4) is 0 Å². The van der Waals surface area contributed by atoms with Gasteiger partial charge in [-0.1, -0.05) is 75.7 Å². The number of carbonyl (C=O) groups is 5. The molecule has 0 bridgehead atoms. The number of carboxylic acid groups (broad SMARTS) is 1. The number of rotatable bonds is 25. The number of esters is 2. The van der Waals surface area contributed by atoms with Crippen molar-refractivity contribution in [3.8, 4) is 17.6 Å². The second-order valence-electron chi connectivity index (χ2n) is 11.7. The molecule has 0 heterocycles. The van der Waals surface area contributed by atoms with Crippen molar-refractivity contribution < 1.29 is 48.4 Å². The van der Waals surface area contributed by atoms with Crippen molar-refractivity contribution in [1.29, 1.82) is 0 Å². The molecule has 1 aromatic carbocycles. The van der Waals surface area contributed by atoms with E-state index in [-0.39, 0.29) is 18.8 Å². The van der Waals surface area contributed by atoms with E-state index in [1.807, 2.05) is 0 Å². The monoisotopic (exact) mass is 671 g/mol. The summed E-state index contributed by atoms with van der Waals surface area (Å²) in [6.07, 6.45) is 12.2. The van der Waals surface area contributed by atoms with E-state index < -0.39 is 47.8 Å². The zero-order chi connectivity index (χ0) is 35.8. The number of carbonyl (C=O) groups excluding carboxylic acids is 4. The van der Waals surface area contributed by atoms with Crippen LogP contribution in [0.1, 0.15) is 103 Å². The van der Waals surface area contributed by atoms with Gasteiger partial charge in [-0.25, -0.2) is 9.59 Å². The van der Waals surface area contributed by atoms with E-state index in [0.717, 1.165) is 46.3 Å². The third-order valence-corrected chi connectivity index (χ3v) is 7.93. The van der Waals surface area contributed by atoms with Gasteiger partial charge in [0.1, 0.15) is 24.2 Å². The zero-order valence-corrected chi connectivity index (χ0v) is 28.9. The lowest BCUT2D eigenvalue weighted by atomic mass is 9.82. The lowest BCUT2D eigenvalue weighted by Gasteiger charge is -2.30. The number of ether oxygens (including phenoxy) is 3. The van der Waals surface area contributed by atoms with Crippen molar-refractivity contribution >= 4 is 29.6 Å². The molecule has 0 saturated carbocycles. The van der Waals surface area contributed by atoms with Crippen LogP contribution in [-0.4, -0.2) is 72.3 Å². The van der Waals surface area contributed by atoms with Gasteiger partial charge in [0.25, 0.3) is 0 Å². The molecule has 266 valence electrons. The van der Waals surface area contributed by atoms with Gasteiger partial charge in [-0.2, -0.15) is 0 Å². The fourth-order valence-electron chi connectivity index (χ4n) is 5.04. The van der Waals surface area contributed by atoms with Gasteiger partial charge >= 0.3 is 17.9 Å². The van der Waals surface area contributed by atoms with Crippen LogP contribution in [-0.2, 0) is 39.9 Å². The fraction of sp³-hybridized carbons (Fsp3) is 0.595. The summed E-state index contributed by atoms with van der Waals surface area (Å²) in [4.78, 5) is 62.7. The molecule has 3 atom stereocenters. The number of carboxylic acids is 1. The van der Waals surface area contributed by atoms with Crippen molar-refractivity contribution in [1.82, 2.24) is 5.32 Å². The van der Waals surface area contributed by atoms with Crippen molar-refractivity contribution in [2.45, 2.75) is 115 Å². The van der Waals surface area contributed by atoms with Crippen LogP contribution in [0.15, 0.2) is 36.4 Å². The largest absolute Gasteiger partial charge is 0.481 e. The molecule has 1 aromatic rings. The molecule has 0 aliphatic carbocycles. The Morgan fingerprint density at radius 2 is 1.54 bits per heavy atom. The summed E-state index contributed by atoms with van der Waals surface area (Å²) >= 11 is 0. The van der Waals surface area contributed by atoms with E-state index in [1.54, 1.807) is 37.3 Å². The highest BCUT2D eigenvalue weighted by atomic mass is 16.5. The molecule has 0 radical (unpaired) electrons. The number of aliphatic hydroxyl groups is 1. The Balaban J connectivity index is 2.93. The first-order valence-electron chi connectivity index (χ1n) is 16.7. The maximum Gasteiger partial charge on any atom is 0.337 e. The van der Waals surface area contributed by atoms with Gasteiger partial charge in [0.15, 0.2) is 5.60 Å². The molecule has 0 aromatic heterocycles. The first-order valence-corrected chi connectivity index (χ1v) is 16.7. The molecule has 0 unspecified atom stereocenters. The predicted molar refractivity (Wildman–Crippen MR) is 181 cm³/mol. The Hall–Kier alpha value is -4.17. The van der Waals surface area contributed by atoms with E-state index in [0.29, 0.717) is 37.0 Å². The first-order chi connectivity index (χ1) is 23.0. The highest BCUT2D eigenvalue weighted by molar-refractivity contribution is 5.95. The van der Waals surface area contributed by atoms with Crippen LogP contribution in [0.2, 0.25) is 0 Å². The Morgan fingerprint density at radius 1 is 0.917 bits per heavy atom. The number of unbranched alkanes of at least 4 members (excludes halogenated alkanes) is 8. The second-order valence-corrected chi connectivity index (χ2v) is 11.7. The first kappa shape index (κ1) is 41.9.